The zero-order valence-electron chi connectivity index (χ0n) is 21.1. The quantitative estimate of drug-likeness (QED) is 0.147. The van der Waals surface area contributed by atoms with Crippen molar-refractivity contribution in [3.05, 3.63) is 101 Å². The van der Waals surface area contributed by atoms with Crippen molar-refractivity contribution in [2.24, 2.45) is 0 Å². The normalized spacial score (nSPS) is 11.9. The fourth-order valence-corrected chi connectivity index (χ4v) is 3.51. The summed E-state index contributed by atoms with van der Waals surface area (Å²) in [5.41, 5.74) is 6.09. The number of aryl methyl sites for hydroxylation is 1. The SMILES string of the molecule is Cc1ccccc1CNCC(=O)Nc1ccc(C#Cc2ccc(C(=O)NC(C(=O)NO)C(C)O)cc2)cc1. The fourth-order valence-electron chi connectivity index (χ4n) is 3.51. The minimum atomic E-state index is -1.30. The molecule has 0 aliphatic carbocycles. The first-order valence-electron chi connectivity index (χ1n) is 12.0. The lowest BCUT2D eigenvalue weighted by Crippen LogP contribution is -2.51. The number of amides is 3. The molecule has 0 aliphatic rings. The molecular formula is C29H30N4O5. The number of aliphatic hydroxyl groups is 1. The number of nitrogens with one attached hydrogen (secondary N) is 4. The molecule has 0 heterocycles. The van der Waals surface area contributed by atoms with Gasteiger partial charge in [-0.25, -0.2) is 5.48 Å². The van der Waals surface area contributed by atoms with Gasteiger partial charge in [-0.1, -0.05) is 36.1 Å². The van der Waals surface area contributed by atoms with E-state index in [1.807, 2.05) is 31.2 Å². The molecule has 0 radical (unpaired) electrons. The lowest BCUT2D eigenvalue weighted by molar-refractivity contribution is -0.133. The number of anilines is 1. The third-order valence-corrected chi connectivity index (χ3v) is 5.69. The molecule has 0 aromatic heterocycles. The molecule has 0 saturated carbocycles. The molecule has 196 valence electrons. The van der Waals surface area contributed by atoms with Gasteiger partial charge in [0.1, 0.15) is 6.04 Å². The van der Waals surface area contributed by atoms with E-state index in [1.165, 1.54) is 18.0 Å². The van der Waals surface area contributed by atoms with Gasteiger partial charge in [-0.15, -0.1) is 0 Å². The van der Waals surface area contributed by atoms with Crippen molar-refractivity contribution in [2.75, 3.05) is 11.9 Å². The van der Waals surface area contributed by atoms with Crippen molar-refractivity contribution in [1.29, 1.82) is 0 Å². The van der Waals surface area contributed by atoms with Gasteiger partial charge >= 0.3 is 0 Å². The van der Waals surface area contributed by atoms with E-state index >= 15 is 0 Å². The Morgan fingerprint density at radius 2 is 1.50 bits per heavy atom. The van der Waals surface area contributed by atoms with Crippen LogP contribution in [0.3, 0.4) is 0 Å². The molecule has 9 heteroatoms. The molecule has 2 atom stereocenters. The van der Waals surface area contributed by atoms with Crippen molar-refractivity contribution in [1.82, 2.24) is 16.1 Å². The molecule has 2 unspecified atom stereocenters. The highest BCUT2D eigenvalue weighted by molar-refractivity contribution is 5.97. The Labute approximate surface area is 221 Å². The van der Waals surface area contributed by atoms with Crippen LogP contribution >= 0.6 is 0 Å². The summed E-state index contributed by atoms with van der Waals surface area (Å²) in [5, 5.41) is 26.8. The van der Waals surface area contributed by atoms with Crippen molar-refractivity contribution in [3.63, 3.8) is 0 Å². The zero-order chi connectivity index (χ0) is 27.5. The highest BCUT2D eigenvalue weighted by atomic mass is 16.5. The maximum absolute atomic E-state index is 12.4. The number of hydrogen-bond acceptors (Lipinski definition) is 6. The van der Waals surface area contributed by atoms with E-state index in [-0.39, 0.29) is 18.0 Å². The van der Waals surface area contributed by atoms with E-state index in [4.69, 9.17) is 5.21 Å². The van der Waals surface area contributed by atoms with Crippen LogP contribution in [0.2, 0.25) is 0 Å². The van der Waals surface area contributed by atoms with E-state index in [2.05, 4.69) is 27.8 Å². The van der Waals surface area contributed by atoms with Crippen LogP contribution in [0.4, 0.5) is 5.69 Å². The molecule has 9 nitrogen and oxygen atoms in total. The first-order chi connectivity index (χ1) is 18.3. The Balaban J connectivity index is 1.51. The highest BCUT2D eigenvalue weighted by Gasteiger charge is 2.25. The maximum Gasteiger partial charge on any atom is 0.268 e. The van der Waals surface area contributed by atoms with Gasteiger partial charge < -0.3 is 21.1 Å². The summed E-state index contributed by atoms with van der Waals surface area (Å²) >= 11 is 0. The molecule has 0 fully saturated rings. The monoisotopic (exact) mass is 514 g/mol. The van der Waals surface area contributed by atoms with Gasteiger partial charge in [0.05, 0.1) is 12.6 Å². The predicted octanol–water partition coefficient (Wildman–Crippen LogP) is 2.11. The summed E-state index contributed by atoms with van der Waals surface area (Å²) in [4.78, 5) is 36.2. The van der Waals surface area contributed by atoms with Crippen LogP contribution in [0, 0.1) is 18.8 Å². The van der Waals surface area contributed by atoms with Crippen LogP contribution in [0.25, 0.3) is 0 Å². The maximum atomic E-state index is 12.4. The summed E-state index contributed by atoms with van der Waals surface area (Å²) in [6.45, 7) is 4.17. The molecule has 0 saturated heterocycles. The number of aliphatic hydroxyl groups excluding tert-OH is 1. The van der Waals surface area contributed by atoms with Gasteiger partial charge in [0.2, 0.25) is 5.91 Å². The highest BCUT2D eigenvalue weighted by Crippen LogP contribution is 2.10. The Hall–Kier alpha value is -4.49. The summed E-state index contributed by atoms with van der Waals surface area (Å²) in [5.74, 6) is 4.39. The first kappa shape index (κ1) is 28.1. The summed E-state index contributed by atoms with van der Waals surface area (Å²) in [6.07, 6.45) is -1.20. The lowest BCUT2D eigenvalue weighted by Gasteiger charge is -2.19. The van der Waals surface area contributed by atoms with Crippen molar-refractivity contribution in [3.8, 4) is 11.8 Å². The van der Waals surface area contributed by atoms with Crippen LogP contribution < -0.4 is 21.4 Å². The van der Waals surface area contributed by atoms with E-state index in [0.717, 1.165) is 11.1 Å². The predicted molar refractivity (Wildman–Crippen MR) is 143 cm³/mol. The number of rotatable bonds is 9. The van der Waals surface area contributed by atoms with Gasteiger partial charge in [-0.2, -0.15) is 0 Å². The Morgan fingerprint density at radius 3 is 2.08 bits per heavy atom. The fraction of sp³-hybridized carbons (Fsp3) is 0.207. The van der Waals surface area contributed by atoms with Crippen molar-refractivity contribution < 1.29 is 24.7 Å². The zero-order valence-corrected chi connectivity index (χ0v) is 21.1. The molecular weight excluding hydrogens is 484 g/mol. The van der Waals surface area contributed by atoms with E-state index in [9.17, 15) is 19.5 Å². The molecule has 3 amide bonds. The standard InChI is InChI=1S/C29H30N4O5/c1-19-5-3-4-6-24(19)17-30-18-26(35)31-25-15-11-22(12-16-25)8-7-21-9-13-23(14-10-21)28(36)32-27(20(2)34)29(37)33-38/h3-6,9-16,20,27,30,34,38H,17-18H2,1-2H3,(H,31,35)(H,32,36)(H,33,37). The van der Waals surface area contributed by atoms with Crippen LogP contribution in [0.15, 0.2) is 72.8 Å². The molecule has 0 bridgehead atoms. The van der Waals surface area contributed by atoms with E-state index in [0.29, 0.717) is 17.8 Å². The number of hydrogen-bond donors (Lipinski definition) is 6. The van der Waals surface area contributed by atoms with Crippen molar-refractivity contribution >= 4 is 23.4 Å². The summed E-state index contributed by atoms with van der Waals surface area (Å²) < 4.78 is 0. The molecule has 3 aromatic carbocycles. The molecule has 3 rings (SSSR count). The van der Waals surface area contributed by atoms with Gasteiger partial charge in [-0.05, 0) is 73.5 Å². The second-order valence-corrected chi connectivity index (χ2v) is 8.65. The third kappa shape index (κ3) is 8.28. The minimum Gasteiger partial charge on any atom is -0.391 e. The summed E-state index contributed by atoms with van der Waals surface area (Å²) in [7, 11) is 0. The largest absolute Gasteiger partial charge is 0.391 e. The van der Waals surface area contributed by atoms with Gasteiger partial charge in [0, 0.05) is 28.9 Å². The first-order valence-corrected chi connectivity index (χ1v) is 12.0. The number of benzene rings is 3. The Morgan fingerprint density at radius 1 is 0.895 bits per heavy atom. The smallest absolute Gasteiger partial charge is 0.268 e. The van der Waals surface area contributed by atoms with E-state index in [1.54, 1.807) is 48.5 Å². The minimum absolute atomic E-state index is 0.140. The van der Waals surface area contributed by atoms with Crippen LogP contribution in [0.5, 0.6) is 0 Å². The number of carbonyl (C=O) groups excluding carboxylic acids is 3. The van der Waals surface area contributed by atoms with Gasteiger partial charge in [0.25, 0.3) is 11.8 Å². The van der Waals surface area contributed by atoms with Crippen molar-refractivity contribution in [2.45, 2.75) is 32.5 Å². The van der Waals surface area contributed by atoms with Crippen LogP contribution in [-0.4, -0.2) is 46.7 Å². The molecule has 3 aromatic rings. The third-order valence-electron chi connectivity index (χ3n) is 5.69. The number of carbonyl (C=O) groups is 3. The Kier molecular flexibility index (Phi) is 10.1. The topological polar surface area (TPSA) is 140 Å². The molecule has 0 spiro atoms. The van der Waals surface area contributed by atoms with E-state index < -0.39 is 24.0 Å². The number of hydroxylamine groups is 1. The lowest BCUT2D eigenvalue weighted by atomic mass is 10.1. The average molecular weight is 515 g/mol. The second kappa shape index (κ2) is 13.7. The average Bonchev–Trinajstić information content (AvgIpc) is 2.92. The van der Waals surface area contributed by atoms with Gasteiger partial charge in [0.15, 0.2) is 0 Å². The van der Waals surface area contributed by atoms with Gasteiger partial charge in [-0.3, -0.25) is 19.6 Å². The molecule has 0 aliphatic heterocycles. The molecule has 38 heavy (non-hydrogen) atoms. The second-order valence-electron chi connectivity index (χ2n) is 8.65. The van der Waals surface area contributed by atoms with Crippen LogP contribution in [0.1, 0.15) is 39.5 Å². The Bertz CT molecular complexity index is 1330. The summed E-state index contributed by atoms with van der Waals surface area (Å²) in [6, 6.07) is 20.3. The molecule has 6 N–H and O–H groups in total. The van der Waals surface area contributed by atoms with Crippen LogP contribution in [-0.2, 0) is 16.1 Å².